The van der Waals surface area contributed by atoms with E-state index in [0.717, 1.165) is 22.0 Å². The largest absolute Gasteiger partial charge is 0.451 e. The summed E-state index contributed by atoms with van der Waals surface area (Å²) in [6, 6.07) is 15.1. The highest BCUT2D eigenvalue weighted by Gasteiger charge is 2.23. The Labute approximate surface area is 156 Å². The molecular formula is C21H21N3O3. The number of H-pyrrole nitrogens is 1. The van der Waals surface area contributed by atoms with Gasteiger partial charge in [-0.1, -0.05) is 30.3 Å². The van der Waals surface area contributed by atoms with Crippen molar-refractivity contribution >= 4 is 27.9 Å². The average molecular weight is 363 g/mol. The zero-order valence-corrected chi connectivity index (χ0v) is 15.3. The van der Waals surface area contributed by atoms with Gasteiger partial charge in [0.2, 0.25) is 0 Å². The number of furan rings is 1. The lowest BCUT2D eigenvalue weighted by molar-refractivity contribution is 0.0900. The van der Waals surface area contributed by atoms with Gasteiger partial charge in [0.15, 0.2) is 5.76 Å². The van der Waals surface area contributed by atoms with Gasteiger partial charge in [-0.3, -0.25) is 4.79 Å². The molecule has 4 aromatic rings. The minimum atomic E-state index is -0.293. The van der Waals surface area contributed by atoms with Gasteiger partial charge in [0, 0.05) is 17.6 Å². The SMILES string of the molecule is CCOCc1c(C(=O)N[C@H](C)c2nc3ccccc3[nH]2)oc2ccccc12. The maximum Gasteiger partial charge on any atom is 0.288 e. The molecule has 0 bridgehead atoms. The summed E-state index contributed by atoms with van der Waals surface area (Å²) < 4.78 is 11.4. The van der Waals surface area contributed by atoms with E-state index in [0.29, 0.717) is 24.6 Å². The number of aromatic amines is 1. The fourth-order valence-corrected chi connectivity index (χ4v) is 3.14. The summed E-state index contributed by atoms with van der Waals surface area (Å²) in [6.45, 7) is 4.71. The first kappa shape index (κ1) is 17.3. The first-order valence-corrected chi connectivity index (χ1v) is 9.01. The predicted molar refractivity (Wildman–Crippen MR) is 104 cm³/mol. The summed E-state index contributed by atoms with van der Waals surface area (Å²) in [6.07, 6.45) is 0. The molecule has 27 heavy (non-hydrogen) atoms. The molecule has 0 aliphatic carbocycles. The summed E-state index contributed by atoms with van der Waals surface area (Å²) in [7, 11) is 0. The number of aromatic nitrogens is 2. The smallest absolute Gasteiger partial charge is 0.288 e. The summed E-state index contributed by atoms with van der Waals surface area (Å²) in [5.74, 6) is 0.702. The standard InChI is InChI=1S/C21H21N3O3/c1-3-26-12-15-14-8-4-7-11-18(14)27-19(15)21(25)22-13(2)20-23-16-9-5-6-10-17(16)24-20/h4-11,13H,3,12H2,1-2H3,(H,22,25)(H,23,24)/t13-/m1/s1. The average Bonchev–Trinajstić information content (AvgIpc) is 3.28. The lowest BCUT2D eigenvalue weighted by atomic mass is 10.1. The number of rotatable bonds is 6. The fourth-order valence-electron chi connectivity index (χ4n) is 3.14. The van der Waals surface area contributed by atoms with Crippen molar-refractivity contribution in [2.45, 2.75) is 26.5 Å². The molecular weight excluding hydrogens is 342 g/mol. The number of benzene rings is 2. The molecule has 0 radical (unpaired) electrons. The first-order chi connectivity index (χ1) is 13.2. The molecule has 0 unspecified atom stereocenters. The van der Waals surface area contributed by atoms with E-state index in [1.165, 1.54) is 0 Å². The second kappa shape index (κ2) is 7.25. The Morgan fingerprint density at radius 2 is 2.00 bits per heavy atom. The number of fused-ring (bicyclic) bond motifs is 2. The third kappa shape index (κ3) is 3.31. The van der Waals surface area contributed by atoms with E-state index in [-0.39, 0.29) is 17.7 Å². The second-order valence-corrected chi connectivity index (χ2v) is 6.38. The molecule has 6 nitrogen and oxygen atoms in total. The molecule has 2 heterocycles. The molecule has 0 aliphatic rings. The van der Waals surface area contributed by atoms with Crippen LogP contribution in [-0.2, 0) is 11.3 Å². The third-order valence-corrected chi connectivity index (χ3v) is 4.52. The predicted octanol–water partition coefficient (Wildman–Crippen LogP) is 4.34. The molecule has 0 aliphatic heterocycles. The number of nitrogens with zero attached hydrogens (tertiary/aromatic N) is 1. The summed E-state index contributed by atoms with van der Waals surface area (Å²) in [5.41, 5.74) is 3.25. The van der Waals surface area contributed by atoms with Crippen LogP contribution in [-0.4, -0.2) is 22.5 Å². The molecule has 4 rings (SSSR count). The van der Waals surface area contributed by atoms with Crippen LogP contribution in [0.2, 0.25) is 0 Å². The van der Waals surface area contributed by atoms with E-state index in [1.807, 2.05) is 62.4 Å². The number of carbonyl (C=O) groups is 1. The zero-order chi connectivity index (χ0) is 18.8. The summed E-state index contributed by atoms with van der Waals surface area (Å²) in [4.78, 5) is 20.7. The van der Waals surface area contributed by atoms with Gasteiger partial charge in [-0.2, -0.15) is 0 Å². The number of hydrogen-bond acceptors (Lipinski definition) is 4. The van der Waals surface area contributed by atoms with E-state index in [2.05, 4.69) is 15.3 Å². The number of para-hydroxylation sites is 3. The maximum absolute atomic E-state index is 12.9. The highest BCUT2D eigenvalue weighted by atomic mass is 16.5. The Bertz CT molecular complexity index is 1060. The Morgan fingerprint density at radius 1 is 1.22 bits per heavy atom. The normalized spacial score (nSPS) is 12.5. The minimum Gasteiger partial charge on any atom is -0.451 e. The topological polar surface area (TPSA) is 80.1 Å². The lowest BCUT2D eigenvalue weighted by Crippen LogP contribution is -2.27. The van der Waals surface area contributed by atoms with E-state index < -0.39 is 0 Å². The van der Waals surface area contributed by atoms with E-state index >= 15 is 0 Å². The van der Waals surface area contributed by atoms with Crippen LogP contribution in [0.4, 0.5) is 0 Å². The molecule has 138 valence electrons. The van der Waals surface area contributed by atoms with Gasteiger partial charge in [0.1, 0.15) is 11.4 Å². The number of amides is 1. The quantitative estimate of drug-likeness (QED) is 0.534. The third-order valence-electron chi connectivity index (χ3n) is 4.52. The van der Waals surface area contributed by atoms with Crippen LogP contribution in [0.5, 0.6) is 0 Å². The lowest BCUT2D eigenvalue weighted by Gasteiger charge is -2.11. The van der Waals surface area contributed by atoms with Gasteiger partial charge in [-0.15, -0.1) is 0 Å². The van der Waals surface area contributed by atoms with Crippen molar-refractivity contribution in [3.05, 3.63) is 65.7 Å². The molecule has 2 aromatic heterocycles. The monoisotopic (exact) mass is 363 g/mol. The molecule has 1 atom stereocenters. The number of hydrogen-bond donors (Lipinski definition) is 2. The van der Waals surface area contributed by atoms with E-state index in [4.69, 9.17) is 9.15 Å². The molecule has 2 aromatic carbocycles. The van der Waals surface area contributed by atoms with E-state index in [1.54, 1.807) is 0 Å². The Kier molecular flexibility index (Phi) is 4.64. The minimum absolute atomic E-state index is 0.283. The molecule has 6 heteroatoms. The fraction of sp³-hybridized carbons (Fsp3) is 0.238. The van der Waals surface area contributed by atoms with Crippen molar-refractivity contribution in [2.75, 3.05) is 6.61 Å². The summed E-state index contributed by atoms with van der Waals surface area (Å²) >= 11 is 0. The van der Waals surface area contributed by atoms with Gasteiger partial charge >= 0.3 is 0 Å². The van der Waals surface area contributed by atoms with Crippen LogP contribution in [0.15, 0.2) is 52.9 Å². The van der Waals surface area contributed by atoms with Crippen LogP contribution in [0.25, 0.3) is 22.0 Å². The molecule has 2 N–H and O–H groups in total. The highest BCUT2D eigenvalue weighted by Crippen LogP contribution is 2.27. The van der Waals surface area contributed by atoms with Crippen LogP contribution in [0.1, 0.15) is 41.8 Å². The molecule has 0 fully saturated rings. The van der Waals surface area contributed by atoms with Crippen molar-refractivity contribution in [2.24, 2.45) is 0 Å². The molecule has 0 spiro atoms. The van der Waals surface area contributed by atoms with Crippen molar-refractivity contribution in [3.8, 4) is 0 Å². The number of imidazole rings is 1. The number of carbonyl (C=O) groups excluding carboxylic acids is 1. The van der Waals surface area contributed by atoms with Crippen molar-refractivity contribution < 1.29 is 13.9 Å². The number of ether oxygens (including phenoxy) is 1. The zero-order valence-electron chi connectivity index (χ0n) is 15.3. The van der Waals surface area contributed by atoms with Gasteiger partial charge in [0.05, 0.1) is 23.7 Å². The van der Waals surface area contributed by atoms with Crippen LogP contribution >= 0.6 is 0 Å². The van der Waals surface area contributed by atoms with Gasteiger partial charge < -0.3 is 19.5 Å². The van der Waals surface area contributed by atoms with Crippen molar-refractivity contribution in [1.29, 1.82) is 0 Å². The van der Waals surface area contributed by atoms with Crippen molar-refractivity contribution in [3.63, 3.8) is 0 Å². The van der Waals surface area contributed by atoms with E-state index in [9.17, 15) is 4.79 Å². The number of nitrogens with one attached hydrogen (secondary N) is 2. The van der Waals surface area contributed by atoms with Crippen LogP contribution in [0, 0.1) is 0 Å². The second-order valence-electron chi connectivity index (χ2n) is 6.38. The van der Waals surface area contributed by atoms with Crippen LogP contribution < -0.4 is 5.32 Å². The van der Waals surface area contributed by atoms with Gasteiger partial charge in [-0.25, -0.2) is 4.98 Å². The molecule has 0 saturated carbocycles. The molecule has 1 amide bonds. The Balaban J connectivity index is 1.62. The van der Waals surface area contributed by atoms with Gasteiger partial charge in [0.25, 0.3) is 5.91 Å². The maximum atomic E-state index is 12.9. The summed E-state index contributed by atoms with van der Waals surface area (Å²) in [5, 5.41) is 3.87. The molecule has 0 saturated heterocycles. The van der Waals surface area contributed by atoms with Crippen molar-refractivity contribution in [1.82, 2.24) is 15.3 Å². The first-order valence-electron chi connectivity index (χ1n) is 9.01. The Hall–Kier alpha value is -3.12. The highest BCUT2D eigenvalue weighted by molar-refractivity contribution is 5.99. The van der Waals surface area contributed by atoms with Crippen LogP contribution in [0.3, 0.4) is 0 Å². The van der Waals surface area contributed by atoms with Gasteiger partial charge in [-0.05, 0) is 32.0 Å². The Morgan fingerprint density at radius 3 is 2.81 bits per heavy atom.